The molecular formula is C17H19F2N3O2. The molecule has 0 aromatic carbocycles. The van der Waals surface area contributed by atoms with E-state index in [2.05, 4.69) is 4.98 Å². The van der Waals surface area contributed by atoms with Gasteiger partial charge in [-0.3, -0.25) is 9.59 Å². The highest BCUT2D eigenvalue weighted by atomic mass is 19.3. The van der Waals surface area contributed by atoms with Gasteiger partial charge in [0.25, 0.3) is 5.91 Å². The van der Waals surface area contributed by atoms with E-state index in [1.54, 1.807) is 11.9 Å². The van der Waals surface area contributed by atoms with Crippen LogP contribution in [0, 0.1) is 11.3 Å². The maximum atomic E-state index is 13.2. The third-order valence-corrected chi connectivity index (χ3v) is 5.52. The molecule has 2 unspecified atom stereocenters. The van der Waals surface area contributed by atoms with Gasteiger partial charge in [0.15, 0.2) is 5.78 Å². The third-order valence-electron chi connectivity index (χ3n) is 5.52. The van der Waals surface area contributed by atoms with Gasteiger partial charge in [0.1, 0.15) is 0 Å². The number of aromatic nitrogens is 1. The van der Waals surface area contributed by atoms with Crippen LogP contribution in [-0.2, 0) is 0 Å². The van der Waals surface area contributed by atoms with Crippen LogP contribution >= 0.6 is 0 Å². The van der Waals surface area contributed by atoms with E-state index in [1.165, 1.54) is 11.1 Å². The molecule has 0 radical (unpaired) electrons. The van der Waals surface area contributed by atoms with Gasteiger partial charge in [0.05, 0.1) is 28.8 Å². The van der Waals surface area contributed by atoms with Crippen molar-refractivity contribution >= 4 is 17.3 Å². The second kappa shape index (κ2) is 4.91. The molecule has 1 amide bonds. The molecule has 0 spiro atoms. The number of hydrogen-bond acceptors (Lipinski definition) is 3. The van der Waals surface area contributed by atoms with Crippen molar-refractivity contribution in [1.82, 2.24) is 14.8 Å². The molecule has 2 atom stereocenters. The number of Topliss-reactive ketones (excluding diaryl/α,β-unsaturated/α-hetero) is 1. The van der Waals surface area contributed by atoms with Crippen LogP contribution in [0.4, 0.5) is 8.78 Å². The number of alkyl halides is 2. The van der Waals surface area contributed by atoms with Crippen LogP contribution < -0.4 is 0 Å². The van der Waals surface area contributed by atoms with Gasteiger partial charge in [-0.05, 0) is 24.8 Å². The molecule has 1 aromatic rings. The minimum absolute atomic E-state index is 0.0804. The Morgan fingerprint density at radius 2 is 2.21 bits per heavy atom. The van der Waals surface area contributed by atoms with Crippen molar-refractivity contribution in [3.63, 3.8) is 0 Å². The second-order valence-corrected chi connectivity index (χ2v) is 7.22. The maximum absolute atomic E-state index is 13.2. The number of likely N-dealkylation sites (tertiary alicyclic amines) is 1. The zero-order chi connectivity index (χ0) is 17.2. The van der Waals surface area contributed by atoms with Crippen LogP contribution in [-0.4, -0.2) is 59.6 Å². The topological polar surface area (TPSA) is 56.4 Å². The van der Waals surface area contributed by atoms with Gasteiger partial charge in [-0.25, -0.2) is 8.78 Å². The molecule has 0 bridgehead atoms. The Morgan fingerprint density at radius 3 is 2.88 bits per heavy atom. The van der Waals surface area contributed by atoms with Gasteiger partial charge >= 0.3 is 0 Å². The lowest BCUT2D eigenvalue weighted by Crippen LogP contribution is -2.34. The first-order valence-corrected chi connectivity index (χ1v) is 8.04. The number of piperidine rings is 1. The van der Waals surface area contributed by atoms with Crippen LogP contribution in [0.15, 0.2) is 12.4 Å². The van der Waals surface area contributed by atoms with Crippen molar-refractivity contribution in [2.75, 3.05) is 26.7 Å². The van der Waals surface area contributed by atoms with Crippen molar-refractivity contribution in [3.8, 4) is 0 Å². The fourth-order valence-electron chi connectivity index (χ4n) is 4.13. The van der Waals surface area contributed by atoms with Crippen molar-refractivity contribution in [2.45, 2.75) is 19.8 Å². The first kappa shape index (κ1) is 15.4. The van der Waals surface area contributed by atoms with E-state index in [0.29, 0.717) is 29.8 Å². The molecule has 2 aliphatic heterocycles. The van der Waals surface area contributed by atoms with E-state index < -0.39 is 11.8 Å². The average Bonchev–Trinajstić information content (AvgIpc) is 2.94. The van der Waals surface area contributed by atoms with E-state index in [4.69, 9.17) is 0 Å². The molecule has 1 N–H and O–H groups in total. The normalized spacial score (nSPS) is 28.6. The average molecular weight is 335 g/mol. The lowest BCUT2D eigenvalue weighted by Gasteiger charge is -2.21. The van der Waals surface area contributed by atoms with Crippen LogP contribution in [0.2, 0.25) is 0 Å². The Morgan fingerprint density at radius 1 is 1.46 bits per heavy atom. The molecule has 4 rings (SSSR count). The predicted octanol–water partition coefficient (Wildman–Crippen LogP) is 2.23. The standard InChI is InChI=1S/C17H19F2N3O2/c1-9-5-21(2)7-12(23)13-11(4-20-14(9)13)15(24)22-6-10-3-17(10,8-22)16(18)19/h4-5,10,16,20H,3,6-8H2,1-2H3. The number of ketones is 1. The van der Waals surface area contributed by atoms with Crippen LogP contribution in [0.5, 0.6) is 0 Å². The Hall–Kier alpha value is -2.18. The summed E-state index contributed by atoms with van der Waals surface area (Å²) in [7, 11) is 1.80. The van der Waals surface area contributed by atoms with Gasteiger partial charge in [-0.1, -0.05) is 0 Å². The minimum Gasteiger partial charge on any atom is -0.372 e. The van der Waals surface area contributed by atoms with Gasteiger partial charge in [0, 0.05) is 32.5 Å². The number of fused-ring (bicyclic) bond motifs is 2. The van der Waals surface area contributed by atoms with Crippen LogP contribution in [0.25, 0.3) is 5.57 Å². The zero-order valence-corrected chi connectivity index (χ0v) is 13.6. The van der Waals surface area contributed by atoms with Gasteiger partial charge in [-0.15, -0.1) is 0 Å². The first-order chi connectivity index (χ1) is 11.3. The molecule has 3 heterocycles. The van der Waals surface area contributed by atoms with Crippen LogP contribution in [0.1, 0.15) is 39.8 Å². The number of carbonyl (C=O) groups is 2. The predicted molar refractivity (Wildman–Crippen MR) is 83.9 cm³/mol. The van der Waals surface area contributed by atoms with Crippen LogP contribution in [0.3, 0.4) is 0 Å². The summed E-state index contributed by atoms with van der Waals surface area (Å²) in [5, 5.41) is 0. The van der Waals surface area contributed by atoms with E-state index in [-0.39, 0.29) is 30.7 Å². The summed E-state index contributed by atoms with van der Waals surface area (Å²) in [5.74, 6) is -0.578. The molecule has 24 heavy (non-hydrogen) atoms. The number of allylic oxidation sites excluding steroid dienone is 1. The number of carbonyl (C=O) groups excluding carboxylic acids is 2. The van der Waals surface area contributed by atoms with E-state index >= 15 is 0 Å². The third kappa shape index (κ3) is 2.03. The Bertz CT molecular complexity index is 770. The second-order valence-electron chi connectivity index (χ2n) is 7.22. The molecule has 1 saturated heterocycles. The Labute approximate surface area is 138 Å². The largest absolute Gasteiger partial charge is 0.372 e. The molecule has 5 nitrogen and oxygen atoms in total. The number of halogens is 2. The Kier molecular flexibility index (Phi) is 3.14. The summed E-state index contributed by atoms with van der Waals surface area (Å²) < 4.78 is 26.4. The monoisotopic (exact) mass is 335 g/mol. The summed E-state index contributed by atoms with van der Waals surface area (Å²) in [6.45, 7) is 2.49. The first-order valence-electron chi connectivity index (χ1n) is 8.04. The maximum Gasteiger partial charge on any atom is 0.256 e. The fourth-order valence-corrected chi connectivity index (χ4v) is 4.13. The van der Waals surface area contributed by atoms with Crippen molar-refractivity contribution in [1.29, 1.82) is 0 Å². The van der Waals surface area contributed by atoms with Crippen molar-refractivity contribution in [2.24, 2.45) is 11.3 Å². The minimum atomic E-state index is -2.40. The summed E-state index contributed by atoms with van der Waals surface area (Å²) >= 11 is 0. The van der Waals surface area contributed by atoms with Gasteiger partial charge in [0.2, 0.25) is 6.43 Å². The number of H-pyrrole nitrogens is 1. The molecule has 1 aromatic heterocycles. The Balaban J connectivity index is 1.65. The molecule has 7 heteroatoms. The quantitative estimate of drug-likeness (QED) is 0.902. The highest BCUT2D eigenvalue weighted by Gasteiger charge is 2.66. The van der Waals surface area contributed by atoms with E-state index in [0.717, 1.165) is 5.57 Å². The van der Waals surface area contributed by atoms with E-state index in [9.17, 15) is 18.4 Å². The fraction of sp³-hybridized carbons (Fsp3) is 0.529. The molecular weight excluding hydrogens is 316 g/mol. The van der Waals surface area contributed by atoms with Crippen molar-refractivity contribution in [3.05, 3.63) is 29.2 Å². The lowest BCUT2D eigenvalue weighted by atomic mass is 10.0. The number of aromatic amines is 1. The molecule has 128 valence electrons. The SMILES string of the molecule is CC1=CN(C)CC(=O)c2c(C(=O)N3CC4CC4(C(F)F)C3)c[nH]c21. The molecule has 2 fully saturated rings. The molecule has 1 aliphatic carbocycles. The van der Waals surface area contributed by atoms with Gasteiger partial charge in [-0.2, -0.15) is 0 Å². The number of amides is 1. The van der Waals surface area contributed by atoms with Crippen molar-refractivity contribution < 1.29 is 18.4 Å². The molecule has 3 aliphatic rings. The number of nitrogens with one attached hydrogen (secondary N) is 1. The summed E-state index contributed by atoms with van der Waals surface area (Å²) in [6.07, 6.45) is 1.48. The lowest BCUT2D eigenvalue weighted by molar-refractivity contribution is 0.0486. The summed E-state index contributed by atoms with van der Waals surface area (Å²) in [5.41, 5.74) is 1.17. The summed E-state index contributed by atoms with van der Waals surface area (Å²) in [6, 6.07) is 0. The summed E-state index contributed by atoms with van der Waals surface area (Å²) in [4.78, 5) is 31.6. The number of rotatable bonds is 2. The van der Waals surface area contributed by atoms with Gasteiger partial charge < -0.3 is 14.8 Å². The number of hydrogen-bond donors (Lipinski definition) is 1. The van der Waals surface area contributed by atoms with E-state index in [1.807, 2.05) is 13.1 Å². The smallest absolute Gasteiger partial charge is 0.256 e. The number of likely N-dealkylation sites (N-methyl/N-ethyl adjacent to an activating group) is 1. The number of nitrogens with zero attached hydrogens (tertiary/aromatic N) is 2. The highest BCUT2D eigenvalue weighted by molar-refractivity contribution is 6.12. The molecule has 1 saturated carbocycles. The zero-order valence-electron chi connectivity index (χ0n) is 13.6. The highest BCUT2D eigenvalue weighted by Crippen LogP contribution is 2.61.